The largest absolute Gasteiger partial charge is 0.347 e. The van der Waals surface area contributed by atoms with Crippen LogP contribution in [0.25, 0.3) is 10.9 Å². The van der Waals surface area contributed by atoms with Gasteiger partial charge in [0.1, 0.15) is 0 Å². The number of nitrogens with two attached hydrogens (primary N) is 1. The third kappa shape index (κ3) is 3.43. The van der Waals surface area contributed by atoms with Gasteiger partial charge in [-0.2, -0.15) is 0 Å². The molecule has 0 aliphatic heterocycles. The van der Waals surface area contributed by atoms with Crippen molar-refractivity contribution in [2.45, 2.75) is 59.0 Å². The maximum Gasteiger partial charge on any atom is 0.0483 e. The van der Waals surface area contributed by atoms with Gasteiger partial charge in [0, 0.05) is 29.7 Å². The molecule has 0 bridgehead atoms. The topological polar surface area (TPSA) is 30.9 Å². The van der Waals surface area contributed by atoms with Gasteiger partial charge in [-0.1, -0.05) is 39.3 Å². The molecule has 2 atom stereocenters. The van der Waals surface area contributed by atoms with Crippen LogP contribution in [0.5, 0.6) is 0 Å². The number of nitrogens with zero attached hydrogens (tertiary/aromatic N) is 1. The van der Waals surface area contributed by atoms with Gasteiger partial charge in [0.05, 0.1) is 0 Å². The highest BCUT2D eigenvalue weighted by Crippen LogP contribution is 2.23. The molecule has 1 aromatic heterocycles. The van der Waals surface area contributed by atoms with Crippen LogP contribution in [0.3, 0.4) is 0 Å². The van der Waals surface area contributed by atoms with Gasteiger partial charge in [0.2, 0.25) is 0 Å². The number of rotatable bonds is 7. The number of benzene rings is 1. The molecule has 0 radical (unpaired) electrons. The molecule has 0 aliphatic rings. The Morgan fingerprint density at radius 1 is 1.20 bits per heavy atom. The first-order chi connectivity index (χ1) is 9.65. The standard InChI is InChI=1S/C18H28N2/c1-4-7-14(3)13-20-11-10-17-15(12-16(19)5-2)8-6-9-18(17)20/h6,8-11,14,16H,4-5,7,12-13,19H2,1-3H3. The molecule has 0 spiro atoms. The van der Waals surface area contributed by atoms with Gasteiger partial charge in [-0.15, -0.1) is 0 Å². The first-order valence-corrected chi connectivity index (χ1v) is 7.98. The van der Waals surface area contributed by atoms with Crippen molar-refractivity contribution in [1.29, 1.82) is 0 Å². The van der Waals surface area contributed by atoms with E-state index in [0.717, 1.165) is 25.3 Å². The summed E-state index contributed by atoms with van der Waals surface area (Å²) in [5.74, 6) is 0.733. The number of fused-ring (bicyclic) bond motifs is 1. The van der Waals surface area contributed by atoms with Crippen molar-refractivity contribution in [1.82, 2.24) is 4.57 Å². The highest BCUT2D eigenvalue weighted by atomic mass is 15.0. The van der Waals surface area contributed by atoms with Gasteiger partial charge in [0.25, 0.3) is 0 Å². The van der Waals surface area contributed by atoms with Crippen molar-refractivity contribution in [2.75, 3.05) is 0 Å². The van der Waals surface area contributed by atoms with E-state index in [-0.39, 0.29) is 6.04 Å². The first kappa shape index (κ1) is 15.1. The SMILES string of the molecule is CCCC(C)Cn1ccc2c(CC(N)CC)cccc21. The molecule has 1 aromatic carbocycles. The minimum absolute atomic E-state index is 0.267. The third-order valence-electron chi connectivity index (χ3n) is 4.20. The maximum atomic E-state index is 6.12. The van der Waals surface area contributed by atoms with Gasteiger partial charge in [-0.05, 0) is 42.9 Å². The highest BCUT2D eigenvalue weighted by Gasteiger charge is 2.10. The summed E-state index contributed by atoms with van der Waals surface area (Å²) in [5.41, 5.74) is 8.86. The van der Waals surface area contributed by atoms with Crippen LogP contribution in [0.4, 0.5) is 0 Å². The second kappa shape index (κ2) is 6.94. The molecule has 2 unspecified atom stereocenters. The molecule has 0 amide bonds. The molecule has 2 rings (SSSR count). The van der Waals surface area contributed by atoms with E-state index < -0.39 is 0 Å². The van der Waals surface area contributed by atoms with Gasteiger partial charge in [-0.25, -0.2) is 0 Å². The van der Waals surface area contributed by atoms with Gasteiger partial charge in [0.15, 0.2) is 0 Å². The van der Waals surface area contributed by atoms with Gasteiger partial charge >= 0.3 is 0 Å². The van der Waals surface area contributed by atoms with Crippen molar-refractivity contribution in [3.05, 3.63) is 36.0 Å². The number of hydrogen-bond acceptors (Lipinski definition) is 1. The monoisotopic (exact) mass is 272 g/mol. The van der Waals surface area contributed by atoms with Crippen LogP contribution in [0.15, 0.2) is 30.5 Å². The molecule has 20 heavy (non-hydrogen) atoms. The summed E-state index contributed by atoms with van der Waals surface area (Å²) in [5, 5.41) is 1.38. The molecule has 110 valence electrons. The van der Waals surface area contributed by atoms with Crippen molar-refractivity contribution in [2.24, 2.45) is 11.7 Å². The zero-order valence-electron chi connectivity index (χ0n) is 13.1. The van der Waals surface area contributed by atoms with E-state index >= 15 is 0 Å². The molecule has 0 saturated carbocycles. The summed E-state index contributed by atoms with van der Waals surface area (Å²) in [6.07, 6.45) is 6.79. The fourth-order valence-electron chi connectivity index (χ4n) is 2.97. The highest BCUT2D eigenvalue weighted by molar-refractivity contribution is 5.83. The van der Waals surface area contributed by atoms with E-state index in [1.165, 1.54) is 29.3 Å². The molecule has 0 saturated heterocycles. The molecule has 2 N–H and O–H groups in total. The summed E-state index contributed by atoms with van der Waals surface area (Å²) < 4.78 is 2.40. The summed E-state index contributed by atoms with van der Waals surface area (Å²) in [4.78, 5) is 0. The number of aromatic nitrogens is 1. The smallest absolute Gasteiger partial charge is 0.0483 e. The number of hydrogen-bond donors (Lipinski definition) is 1. The Kier molecular flexibility index (Phi) is 5.24. The maximum absolute atomic E-state index is 6.12. The second-order valence-electron chi connectivity index (χ2n) is 6.08. The lowest BCUT2D eigenvalue weighted by Crippen LogP contribution is -2.21. The van der Waals surface area contributed by atoms with Crippen molar-refractivity contribution < 1.29 is 0 Å². The quantitative estimate of drug-likeness (QED) is 0.798. The predicted octanol–water partition coefficient (Wildman–Crippen LogP) is 4.36. The zero-order chi connectivity index (χ0) is 14.5. The Labute approximate surface area is 123 Å². The summed E-state index contributed by atoms with van der Waals surface area (Å²) in [7, 11) is 0. The Morgan fingerprint density at radius 3 is 2.70 bits per heavy atom. The molecular weight excluding hydrogens is 244 g/mol. The van der Waals surface area contributed by atoms with Crippen LogP contribution in [-0.2, 0) is 13.0 Å². The van der Waals surface area contributed by atoms with Crippen molar-refractivity contribution >= 4 is 10.9 Å². The first-order valence-electron chi connectivity index (χ1n) is 7.98. The van der Waals surface area contributed by atoms with E-state index in [1.807, 2.05) is 0 Å². The van der Waals surface area contributed by atoms with Crippen LogP contribution in [0, 0.1) is 5.92 Å². The molecule has 2 heteroatoms. The Hall–Kier alpha value is -1.28. The second-order valence-corrected chi connectivity index (χ2v) is 6.08. The normalized spacial score (nSPS) is 14.6. The molecule has 2 nitrogen and oxygen atoms in total. The summed E-state index contributed by atoms with van der Waals surface area (Å²) in [6.45, 7) is 7.86. The molecule has 0 aliphatic carbocycles. The Morgan fingerprint density at radius 2 is 2.00 bits per heavy atom. The Balaban J connectivity index is 2.25. The van der Waals surface area contributed by atoms with Crippen LogP contribution in [-0.4, -0.2) is 10.6 Å². The average Bonchev–Trinajstić information content (AvgIpc) is 2.83. The molecular formula is C18H28N2. The van der Waals surface area contributed by atoms with Crippen LogP contribution < -0.4 is 5.73 Å². The fraction of sp³-hybridized carbons (Fsp3) is 0.556. The zero-order valence-corrected chi connectivity index (χ0v) is 13.1. The Bertz CT molecular complexity index is 541. The van der Waals surface area contributed by atoms with Crippen molar-refractivity contribution in [3.8, 4) is 0 Å². The van der Waals surface area contributed by atoms with E-state index in [2.05, 4.69) is 55.8 Å². The van der Waals surface area contributed by atoms with E-state index in [9.17, 15) is 0 Å². The fourth-order valence-corrected chi connectivity index (χ4v) is 2.97. The van der Waals surface area contributed by atoms with Crippen LogP contribution in [0.2, 0.25) is 0 Å². The van der Waals surface area contributed by atoms with E-state index in [1.54, 1.807) is 0 Å². The molecule has 0 fully saturated rings. The molecule has 2 aromatic rings. The minimum Gasteiger partial charge on any atom is -0.347 e. The van der Waals surface area contributed by atoms with Crippen molar-refractivity contribution in [3.63, 3.8) is 0 Å². The van der Waals surface area contributed by atoms with E-state index in [4.69, 9.17) is 5.73 Å². The third-order valence-corrected chi connectivity index (χ3v) is 4.20. The van der Waals surface area contributed by atoms with Gasteiger partial charge < -0.3 is 10.3 Å². The summed E-state index contributed by atoms with van der Waals surface area (Å²) >= 11 is 0. The van der Waals surface area contributed by atoms with Crippen LogP contribution in [0.1, 0.15) is 45.6 Å². The lowest BCUT2D eigenvalue weighted by molar-refractivity contribution is 0.453. The van der Waals surface area contributed by atoms with Crippen LogP contribution >= 0.6 is 0 Å². The summed E-state index contributed by atoms with van der Waals surface area (Å²) in [6, 6.07) is 9.14. The average molecular weight is 272 g/mol. The minimum atomic E-state index is 0.267. The van der Waals surface area contributed by atoms with E-state index in [0.29, 0.717) is 0 Å². The molecule has 1 heterocycles. The lowest BCUT2D eigenvalue weighted by atomic mass is 10.0. The van der Waals surface area contributed by atoms with Gasteiger partial charge in [-0.3, -0.25) is 0 Å². The lowest BCUT2D eigenvalue weighted by Gasteiger charge is -2.14. The predicted molar refractivity (Wildman–Crippen MR) is 88.0 cm³/mol.